The number of urea groups is 1. The number of benzene rings is 2. The van der Waals surface area contributed by atoms with Gasteiger partial charge in [0.25, 0.3) is 0 Å². The second-order valence-electron chi connectivity index (χ2n) is 6.14. The zero-order valence-electron chi connectivity index (χ0n) is 14.5. The normalized spacial score (nSPS) is 11.7. The average molecular weight is 343 g/mol. The molecule has 0 aliphatic carbocycles. The van der Waals surface area contributed by atoms with Gasteiger partial charge in [0.1, 0.15) is 11.9 Å². The molecule has 3 N–H and O–H groups in total. The van der Waals surface area contributed by atoms with Crippen LogP contribution in [0, 0.1) is 18.7 Å². The standard InChI is InChI=1S/C19H22FN3O2/c1-12(2)17(23-19(25)22-14-7-5-4-6-8-14)18(24)21-15-10-9-13(3)16(20)11-15/h4-12,17H,1-3H3,(H,21,24)(H2,22,23,25). The first-order valence-corrected chi connectivity index (χ1v) is 8.06. The number of rotatable bonds is 5. The third-order valence-electron chi connectivity index (χ3n) is 3.71. The minimum atomic E-state index is -0.756. The van der Waals surface area contributed by atoms with Crippen LogP contribution in [-0.2, 0) is 4.79 Å². The highest BCUT2D eigenvalue weighted by atomic mass is 19.1. The topological polar surface area (TPSA) is 70.2 Å². The van der Waals surface area contributed by atoms with Crippen molar-refractivity contribution < 1.29 is 14.0 Å². The molecule has 1 unspecified atom stereocenters. The Kier molecular flexibility index (Phi) is 6.11. The van der Waals surface area contributed by atoms with Gasteiger partial charge in [-0.3, -0.25) is 4.79 Å². The van der Waals surface area contributed by atoms with E-state index in [1.165, 1.54) is 6.07 Å². The number of aryl methyl sites for hydroxylation is 1. The van der Waals surface area contributed by atoms with Crippen molar-refractivity contribution in [1.82, 2.24) is 5.32 Å². The highest BCUT2D eigenvalue weighted by Crippen LogP contribution is 2.15. The van der Waals surface area contributed by atoms with E-state index in [0.717, 1.165) is 0 Å². The number of hydrogen-bond donors (Lipinski definition) is 3. The first-order valence-electron chi connectivity index (χ1n) is 8.06. The van der Waals surface area contributed by atoms with Crippen LogP contribution in [0.15, 0.2) is 48.5 Å². The minimum Gasteiger partial charge on any atom is -0.326 e. The molecule has 6 heteroatoms. The molecule has 25 heavy (non-hydrogen) atoms. The van der Waals surface area contributed by atoms with Gasteiger partial charge in [-0.15, -0.1) is 0 Å². The Hall–Kier alpha value is -2.89. The van der Waals surface area contributed by atoms with Gasteiger partial charge in [-0.2, -0.15) is 0 Å². The van der Waals surface area contributed by atoms with Gasteiger partial charge in [0.2, 0.25) is 5.91 Å². The van der Waals surface area contributed by atoms with Crippen molar-refractivity contribution in [3.05, 3.63) is 59.9 Å². The number of para-hydroxylation sites is 1. The minimum absolute atomic E-state index is 0.142. The number of nitrogens with one attached hydrogen (secondary N) is 3. The molecule has 0 saturated carbocycles. The molecule has 3 amide bonds. The highest BCUT2D eigenvalue weighted by molar-refractivity contribution is 5.99. The van der Waals surface area contributed by atoms with Crippen molar-refractivity contribution in [3.63, 3.8) is 0 Å². The van der Waals surface area contributed by atoms with Crippen molar-refractivity contribution >= 4 is 23.3 Å². The van der Waals surface area contributed by atoms with Crippen molar-refractivity contribution in [2.24, 2.45) is 5.92 Å². The summed E-state index contributed by atoms with van der Waals surface area (Å²) in [6.07, 6.45) is 0. The molecule has 0 spiro atoms. The summed E-state index contributed by atoms with van der Waals surface area (Å²) in [7, 11) is 0. The van der Waals surface area contributed by atoms with E-state index in [4.69, 9.17) is 0 Å². The fraction of sp³-hybridized carbons (Fsp3) is 0.263. The van der Waals surface area contributed by atoms with Gasteiger partial charge in [0, 0.05) is 11.4 Å². The van der Waals surface area contributed by atoms with Crippen LogP contribution in [0.25, 0.3) is 0 Å². The fourth-order valence-corrected chi connectivity index (χ4v) is 2.26. The summed E-state index contributed by atoms with van der Waals surface area (Å²) in [5, 5.41) is 7.97. The van der Waals surface area contributed by atoms with E-state index in [0.29, 0.717) is 16.9 Å². The van der Waals surface area contributed by atoms with Crippen molar-refractivity contribution in [3.8, 4) is 0 Å². The molecule has 0 aliphatic rings. The quantitative estimate of drug-likeness (QED) is 0.770. The van der Waals surface area contributed by atoms with Gasteiger partial charge >= 0.3 is 6.03 Å². The molecule has 2 aromatic rings. The van der Waals surface area contributed by atoms with Crippen LogP contribution in [0.3, 0.4) is 0 Å². The summed E-state index contributed by atoms with van der Waals surface area (Å²) in [6, 6.07) is 12.2. The molecule has 0 heterocycles. The van der Waals surface area contributed by atoms with E-state index >= 15 is 0 Å². The van der Waals surface area contributed by atoms with Crippen LogP contribution in [0.1, 0.15) is 19.4 Å². The molecule has 2 rings (SSSR count). The average Bonchev–Trinajstić information content (AvgIpc) is 2.56. The van der Waals surface area contributed by atoms with E-state index in [2.05, 4.69) is 16.0 Å². The fourth-order valence-electron chi connectivity index (χ4n) is 2.26. The Bertz CT molecular complexity index is 748. The summed E-state index contributed by atoms with van der Waals surface area (Å²) in [5.74, 6) is -0.938. The van der Waals surface area contributed by atoms with Crippen molar-refractivity contribution in [2.45, 2.75) is 26.8 Å². The van der Waals surface area contributed by atoms with Crippen LogP contribution in [0.4, 0.5) is 20.6 Å². The molecular weight excluding hydrogens is 321 g/mol. The van der Waals surface area contributed by atoms with E-state index in [1.807, 2.05) is 19.9 Å². The van der Waals surface area contributed by atoms with Crippen LogP contribution in [0.2, 0.25) is 0 Å². The van der Waals surface area contributed by atoms with Gasteiger partial charge in [-0.05, 0) is 42.7 Å². The van der Waals surface area contributed by atoms with Crippen LogP contribution in [-0.4, -0.2) is 18.0 Å². The predicted molar refractivity (Wildman–Crippen MR) is 97.0 cm³/mol. The van der Waals surface area contributed by atoms with Crippen LogP contribution < -0.4 is 16.0 Å². The lowest BCUT2D eigenvalue weighted by Gasteiger charge is -2.22. The van der Waals surface area contributed by atoms with E-state index in [-0.39, 0.29) is 5.92 Å². The largest absolute Gasteiger partial charge is 0.326 e. The second-order valence-corrected chi connectivity index (χ2v) is 6.14. The lowest BCUT2D eigenvalue weighted by molar-refractivity contribution is -0.118. The Morgan fingerprint density at radius 2 is 1.64 bits per heavy atom. The van der Waals surface area contributed by atoms with Gasteiger partial charge in [-0.25, -0.2) is 9.18 Å². The molecule has 0 aromatic heterocycles. The molecule has 0 bridgehead atoms. The maximum Gasteiger partial charge on any atom is 0.319 e. The lowest BCUT2D eigenvalue weighted by Crippen LogP contribution is -2.48. The number of hydrogen-bond acceptors (Lipinski definition) is 2. The smallest absolute Gasteiger partial charge is 0.319 e. The Morgan fingerprint density at radius 3 is 2.24 bits per heavy atom. The molecule has 0 aliphatic heterocycles. The molecule has 1 atom stereocenters. The van der Waals surface area contributed by atoms with Crippen LogP contribution >= 0.6 is 0 Å². The maximum absolute atomic E-state index is 13.6. The zero-order chi connectivity index (χ0) is 18.4. The van der Waals surface area contributed by atoms with Gasteiger partial charge in [-0.1, -0.05) is 38.1 Å². The number of halogens is 1. The summed E-state index contributed by atoms with van der Waals surface area (Å²) in [4.78, 5) is 24.6. The van der Waals surface area contributed by atoms with Gasteiger partial charge in [0.15, 0.2) is 0 Å². The Morgan fingerprint density at radius 1 is 0.960 bits per heavy atom. The van der Waals surface area contributed by atoms with Gasteiger partial charge < -0.3 is 16.0 Å². The van der Waals surface area contributed by atoms with E-state index in [9.17, 15) is 14.0 Å². The third kappa shape index (κ3) is 5.31. The summed E-state index contributed by atoms with van der Waals surface area (Å²) >= 11 is 0. The summed E-state index contributed by atoms with van der Waals surface area (Å²) in [6.45, 7) is 5.29. The molecule has 2 aromatic carbocycles. The molecule has 0 radical (unpaired) electrons. The molecule has 0 fully saturated rings. The molecule has 5 nitrogen and oxygen atoms in total. The van der Waals surface area contributed by atoms with E-state index < -0.39 is 23.8 Å². The van der Waals surface area contributed by atoms with Crippen molar-refractivity contribution in [2.75, 3.05) is 10.6 Å². The number of carbonyl (C=O) groups excluding carboxylic acids is 2. The number of amides is 3. The maximum atomic E-state index is 13.6. The Balaban J connectivity index is 2.02. The highest BCUT2D eigenvalue weighted by Gasteiger charge is 2.24. The van der Waals surface area contributed by atoms with Crippen LogP contribution in [0.5, 0.6) is 0 Å². The second kappa shape index (κ2) is 8.28. The molecular formula is C19H22FN3O2. The van der Waals surface area contributed by atoms with Gasteiger partial charge in [0.05, 0.1) is 0 Å². The Labute approximate surface area is 146 Å². The monoisotopic (exact) mass is 343 g/mol. The SMILES string of the molecule is Cc1ccc(NC(=O)C(NC(=O)Nc2ccccc2)C(C)C)cc1F. The van der Waals surface area contributed by atoms with E-state index in [1.54, 1.807) is 43.3 Å². The molecule has 0 saturated heterocycles. The summed E-state index contributed by atoms with van der Waals surface area (Å²) in [5.41, 5.74) is 1.48. The predicted octanol–water partition coefficient (Wildman–Crippen LogP) is 3.92. The molecule has 132 valence electrons. The first-order chi connectivity index (χ1) is 11.9. The third-order valence-corrected chi connectivity index (χ3v) is 3.71. The number of anilines is 2. The van der Waals surface area contributed by atoms with Crippen molar-refractivity contribution in [1.29, 1.82) is 0 Å². The summed E-state index contributed by atoms with van der Waals surface area (Å²) < 4.78 is 13.6. The lowest BCUT2D eigenvalue weighted by atomic mass is 10.0. The number of carbonyl (C=O) groups is 2. The first kappa shape index (κ1) is 18.4. The zero-order valence-corrected chi connectivity index (χ0v) is 14.5.